The van der Waals surface area contributed by atoms with E-state index in [9.17, 15) is 9.59 Å². The SMILES string of the molecule is O=C(O)/C=C/c1ccc(-c2nc3cc(Cl)c(Cl)cc3nc2-c2ccc(/C=C/C(=O)O)cc2)cc1. The van der Waals surface area contributed by atoms with Crippen LogP contribution in [-0.2, 0) is 9.59 Å². The Morgan fingerprint density at radius 2 is 1.00 bits per heavy atom. The van der Waals surface area contributed by atoms with Crippen LogP contribution in [0.1, 0.15) is 11.1 Å². The van der Waals surface area contributed by atoms with Crippen molar-refractivity contribution in [2.45, 2.75) is 0 Å². The van der Waals surface area contributed by atoms with Crippen LogP contribution in [0.15, 0.2) is 72.8 Å². The third kappa shape index (κ3) is 5.31. The molecule has 0 spiro atoms. The van der Waals surface area contributed by atoms with Gasteiger partial charge in [-0.1, -0.05) is 71.7 Å². The minimum absolute atomic E-state index is 0.367. The average Bonchev–Trinajstić information content (AvgIpc) is 2.82. The van der Waals surface area contributed by atoms with Crippen molar-refractivity contribution in [3.63, 3.8) is 0 Å². The second kappa shape index (κ2) is 9.87. The first-order valence-corrected chi connectivity index (χ1v) is 10.8. The van der Waals surface area contributed by atoms with Crippen LogP contribution >= 0.6 is 23.2 Å². The van der Waals surface area contributed by atoms with E-state index in [2.05, 4.69) is 0 Å². The molecule has 0 radical (unpaired) electrons. The monoisotopic (exact) mass is 490 g/mol. The minimum atomic E-state index is -1.02. The van der Waals surface area contributed by atoms with Crippen molar-refractivity contribution in [3.8, 4) is 22.5 Å². The van der Waals surface area contributed by atoms with Crippen molar-refractivity contribution < 1.29 is 19.8 Å². The summed E-state index contributed by atoms with van der Waals surface area (Å²) in [7, 11) is 0. The molecule has 8 heteroatoms. The van der Waals surface area contributed by atoms with E-state index in [1.165, 1.54) is 12.2 Å². The Kier molecular flexibility index (Phi) is 6.72. The zero-order valence-electron chi connectivity index (χ0n) is 17.4. The Morgan fingerprint density at radius 1 is 0.647 bits per heavy atom. The first kappa shape index (κ1) is 23.2. The molecule has 3 aromatic carbocycles. The van der Waals surface area contributed by atoms with Crippen molar-refractivity contribution in [3.05, 3.63) is 94.0 Å². The van der Waals surface area contributed by atoms with E-state index >= 15 is 0 Å². The Bertz CT molecular complexity index is 1350. The third-order valence-electron chi connectivity index (χ3n) is 4.91. The highest BCUT2D eigenvalue weighted by molar-refractivity contribution is 6.42. The molecule has 0 fully saturated rings. The summed E-state index contributed by atoms with van der Waals surface area (Å²) in [5.74, 6) is -2.05. The summed E-state index contributed by atoms with van der Waals surface area (Å²) in [4.78, 5) is 31.2. The van der Waals surface area contributed by atoms with E-state index in [-0.39, 0.29) is 0 Å². The quantitative estimate of drug-likeness (QED) is 0.300. The van der Waals surface area contributed by atoms with Crippen molar-refractivity contribution in [1.29, 1.82) is 0 Å². The normalized spacial score (nSPS) is 11.5. The zero-order valence-corrected chi connectivity index (χ0v) is 19.0. The van der Waals surface area contributed by atoms with E-state index in [1.54, 1.807) is 36.4 Å². The number of hydrogen-bond donors (Lipinski definition) is 2. The number of rotatable bonds is 6. The number of carboxylic acid groups (broad SMARTS) is 2. The Hall–Kier alpha value is -4.00. The number of fused-ring (bicyclic) bond motifs is 1. The van der Waals surface area contributed by atoms with Crippen LogP contribution in [0.25, 0.3) is 45.7 Å². The molecule has 0 aliphatic rings. The number of benzene rings is 3. The molecular weight excluding hydrogens is 475 g/mol. The van der Waals surface area contributed by atoms with E-state index < -0.39 is 11.9 Å². The topological polar surface area (TPSA) is 100 Å². The summed E-state index contributed by atoms with van der Waals surface area (Å²) < 4.78 is 0. The molecular formula is C26H16Cl2N2O4. The fraction of sp³-hybridized carbons (Fsp3) is 0. The van der Waals surface area contributed by atoms with Crippen molar-refractivity contribution in [1.82, 2.24) is 9.97 Å². The van der Waals surface area contributed by atoms with Gasteiger partial charge < -0.3 is 10.2 Å². The highest BCUT2D eigenvalue weighted by Gasteiger charge is 2.15. The van der Waals surface area contributed by atoms with Crippen LogP contribution in [0, 0.1) is 0 Å². The maximum absolute atomic E-state index is 10.8. The molecule has 2 N–H and O–H groups in total. The number of nitrogens with zero attached hydrogens (tertiary/aromatic N) is 2. The maximum atomic E-state index is 10.8. The molecule has 34 heavy (non-hydrogen) atoms. The molecule has 1 aromatic heterocycles. The number of halogens is 2. The van der Waals surface area contributed by atoms with Crippen LogP contribution in [0.2, 0.25) is 10.0 Å². The predicted molar refractivity (Wildman–Crippen MR) is 134 cm³/mol. The maximum Gasteiger partial charge on any atom is 0.328 e. The summed E-state index contributed by atoms with van der Waals surface area (Å²) in [5.41, 5.74) is 5.36. The van der Waals surface area contributed by atoms with Crippen LogP contribution in [0.3, 0.4) is 0 Å². The molecule has 4 aromatic rings. The number of carbonyl (C=O) groups is 2. The number of aromatic nitrogens is 2. The third-order valence-corrected chi connectivity index (χ3v) is 5.63. The van der Waals surface area contributed by atoms with Gasteiger partial charge in [-0.2, -0.15) is 0 Å². The molecule has 0 bridgehead atoms. The van der Waals surface area contributed by atoms with Gasteiger partial charge in [0.2, 0.25) is 0 Å². The summed E-state index contributed by atoms with van der Waals surface area (Å²) >= 11 is 12.4. The lowest BCUT2D eigenvalue weighted by Gasteiger charge is -2.12. The first-order chi connectivity index (χ1) is 16.3. The molecule has 0 saturated heterocycles. The number of aliphatic carboxylic acids is 2. The second-order valence-corrected chi connectivity index (χ2v) is 8.08. The molecule has 0 aliphatic carbocycles. The van der Waals surface area contributed by atoms with Gasteiger partial charge in [-0.3, -0.25) is 0 Å². The van der Waals surface area contributed by atoms with Crippen LogP contribution in [0.5, 0.6) is 0 Å². The van der Waals surface area contributed by atoms with Crippen molar-refractivity contribution in [2.75, 3.05) is 0 Å². The lowest BCUT2D eigenvalue weighted by molar-refractivity contribution is -0.132. The summed E-state index contributed by atoms with van der Waals surface area (Å²) in [6.45, 7) is 0. The van der Waals surface area contributed by atoms with E-state index in [0.717, 1.165) is 34.4 Å². The highest BCUT2D eigenvalue weighted by atomic mass is 35.5. The van der Waals surface area contributed by atoms with E-state index in [1.807, 2.05) is 24.3 Å². The van der Waals surface area contributed by atoms with Gasteiger partial charge in [-0.05, 0) is 35.4 Å². The fourth-order valence-corrected chi connectivity index (χ4v) is 3.61. The minimum Gasteiger partial charge on any atom is -0.478 e. The molecule has 4 rings (SSSR count). The fourth-order valence-electron chi connectivity index (χ4n) is 3.29. The highest BCUT2D eigenvalue weighted by Crippen LogP contribution is 2.34. The zero-order chi connectivity index (χ0) is 24.2. The number of carboxylic acids is 2. The Balaban J connectivity index is 1.84. The Labute approximate surface area is 204 Å². The second-order valence-electron chi connectivity index (χ2n) is 7.26. The van der Waals surface area contributed by atoms with Gasteiger partial charge in [-0.15, -0.1) is 0 Å². The molecule has 168 valence electrons. The molecule has 6 nitrogen and oxygen atoms in total. The average molecular weight is 491 g/mol. The largest absolute Gasteiger partial charge is 0.478 e. The molecule has 0 atom stereocenters. The van der Waals surface area contributed by atoms with Crippen LogP contribution in [-0.4, -0.2) is 32.1 Å². The predicted octanol–water partition coefficient (Wildman–Crippen LogP) is 6.47. The van der Waals surface area contributed by atoms with Gasteiger partial charge in [0, 0.05) is 23.3 Å². The first-order valence-electron chi connectivity index (χ1n) is 10.00. The van der Waals surface area contributed by atoms with Gasteiger partial charge in [0.25, 0.3) is 0 Å². The van der Waals surface area contributed by atoms with E-state index in [4.69, 9.17) is 43.4 Å². The Morgan fingerprint density at radius 3 is 1.32 bits per heavy atom. The summed E-state index contributed by atoms with van der Waals surface area (Å²) in [6.07, 6.45) is 5.15. The molecule has 0 aliphatic heterocycles. The number of hydrogen-bond acceptors (Lipinski definition) is 4. The standard InChI is InChI=1S/C26H16Cl2N2O4/c27-19-13-21-22(14-20(19)28)30-26(18-9-3-16(4-10-18)6-12-24(33)34)25(29-21)17-7-1-15(2-8-17)5-11-23(31)32/h1-14H,(H,31,32)(H,33,34)/b11-5+,12-6+. The van der Waals surface area contributed by atoms with Crippen molar-refractivity contribution in [2.24, 2.45) is 0 Å². The summed E-state index contributed by atoms with van der Waals surface area (Å²) in [5, 5.41) is 18.4. The summed E-state index contributed by atoms with van der Waals surface area (Å²) in [6, 6.07) is 17.8. The smallest absolute Gasteiger partial charge is 0.328 e. The van der Waals surface area contributed by atoms with Gasteiger partial charge >= 0.3 is 11.9 Å². The molecule has 0 saturated carbocycles. The van der Waals surface area contributed by atoms with Gasteiger partial charge in [0.05, 0.1) is 32.5 Å². The van der Waals surface area contributed by atoms with Gasteiger partial charge in [0.1, 0.15) is 0 Å². The van der Waals surface area contributed by atoms with Gasteiger partial charge in [0.15, 0.2) is 0 Å². The lowest BCUT2D eigenvalue weighted by Crippen LogP contribution is -1.96. The molecule has 0 amide bonds. The van der Waals surface area contributed by atoms with Crippen LogP contribution in [0.4, 0.5) is 0 Å². The van der Waals surface area contributed by atoms with Crippen LogP contribution < -0.4 is 0 Å². The lowest BCUT2D eigenvalue weighted by atomic mass is 10.0. The van der Waals surface area contributed by atoms with Gasteiger partial charge in [-0.25, -0.2) is 19.6 Å². The van der Waals surface area contributed by atoms with Crippen molar-refractivity contribution >= 4 is 58.3 Å². The molecule has 0 unspecified atom stereocenters. The molecule has 1 heterocycles. The van der Waals surface area contributed by atoms with E-state index in [0.29, 0.717) is 32.5 Å².